The van der Waals surface area contributed by atoms with Gasteiger partial charge in [-0.1, -0.05) is 0 Å². The van der Waals surface area contributed by atoms with Crippen LogP contribution in [0.1, 0.15) is 29.8 Å². The second kappa shape index (κ2) is 6.23. The molecule has 0 saturated carbocycles. The molecule has 2 heterocycles. The smallest absolute Gasteiger partial charge is 0.0593 e. The molecule has 0 aliphatic carbocycles. The van der Waals surface area contributed by atoms with E-state index in [0.29, 0.717) is 6.04 Å². The van der Waals surface area contributed by atoms with Crippen LogP contribution in [0.3, 0.4) is 0 Å². The molecule has 1 aliphatic heterocycles. The van der Waals surface area contributed by atoms with Crippen LogP contribution < -0.4 is 5.73 Å². The summed E-state index contributed by atoms with van der Waals surface area (Å²) in [7, 11) is 0. The predicted molar refractivity (Wildman–Crippen MR) is 79.0 cm³/mol. The van der Waals surface area contributed by atoms with Crippen molar-refractivity contribution in [3.8, 4) is 0 Å². The van der Waals surface area contributed by atoms with E-state index in [2.05, 4.69) is 42.0 Å². The molecule has 1 aromatic heterocycles. The molecule has 0 amide bonds. The lowest BCUT2D eigenvalue weighted by Crippen LogP contribution is -2.40. The van der Waals surface area contributed by atoms with Gasteiger partial charge in [0.25, 0.3) is 0 Å². The summed E-state index contributed by atoms with van der Waals surface area (Å²) >= 11 is 3.93. The van der Waals surface area contributed by atoms with Crippen LogP contribution in [-0.4, -0.2) is 35.5 Å². The number of thioether (sulfide) groups is 1. The zero-order chi connectivity index (χ0) is 12.3. The molecule has 2 atom stereocenters. The van der Waals surface area contributed by atoms with E-state index in [0.717, 1.165) is 0 Å². The minimum Gasteiger partial charge on any atom is -0.326 e. The number of aryl methyl sites for hydroxylation is 1. The number of hydrogen-bond acceptors (Lipinski definition) is 4. The van der Waals surface area contributed by atoms with Gasteiger partial charge in [-0.15, -0.1) is 11.3 Å². The van der Waals surface area contributed by atoms with Crippen molar-refractivity contribution >= 4 is 23.1 Å². The summed E-state index contributed by atoms with van der Waals surface area (Å²) in [5.74, 6) is 2.54. The molecule has 2 rings (SSSR count). The van der Waals surface area contributed by atoms with Crippen LogP contribution in [0.15, 0.2) is 11.4 Å². The number of thiophene rings is 1. The molecule has 2 unspecified atom stereocenters. The Labute approximate surface area is 113 Å². The van der Waals surface area contributed by atoms with Crippen molar-refractivity contribution in [3.63, 3.8) is 0 Å². The average Bonchev–Trinajstić information content (AvgIpc) is 2.55. The minimum atomic E-state index is 0.204. The van der Waals surface area contributed by atoms with E-state index in [9.17, 15) is 0 Å². The second-order valence-electron chi connectivity index (χ2n) is 4.77. The van der Waals surface area contributed by atoms with E-state index < -0.39 is 0 Å². The Morgan fingerprint density at radius 1 is 1.35 bits per heavy atom. The van der Waals surface area contributed by atoms with Gasteiger partial charge in [-0.25, -0.2) is 0 Å². The maximum absolute atomic E-state index is 6.24. The largest absolute Gasteiger partial charge is 0.326 e. The van der Waals surface area contributed by atoms with Crippen molar-refractivity contribution < 1.29 is 0 Å². The summed E-state index contributed by atoms with van der Waals surface area (Å²) in [5.41, 5.74) is 7.63. The second-order valence-corrected chi connectivity index (χ2v) is 6.95. The Hall–Kier alpha value is -0.0300. The monoisotopic (exact) mass is 270 g/mol. The van der Waals surface area contributed by atoms with Crippen molar-refractivity contribution in [2.75, 3.05) is 24.6 Å². The number of hydrogen-bond donors (Lipinski definition) is 1. The van der Waals surface area contributed by atoms with Gasteiger partial charge in [0.1, 0.15) is 0 Å². The maximum atomic E-state index is 6.24. The van der Waals surface area contributed by atoms with E-state index >= 15 is 0 Å². The molecule has 2 nitrogen and oxygen atoms in total. The van der Waals surface area contributed by atoms with Crippen LogP contribution in [0.25, 0.3) is 0 Å². The van der Waals surface area contributed by atoms with E-state index in [-0.39, 0.29) is 6.04 Å². The fourth-order valence-electron chi connectivity index (χ4n) is 2.47. The Kier molecular flexibility index (Phi) is 4.91. The van der Waals surface area contributed by atoms with Crippen LogP contribution in [0.5, 0.6) is 0 Å². The molecule has 0 radical (unpaired) electrons. The van der Waals surface area contributed by atoms with E-state index in [4.69, 9.17) is 5.73 Å². The lowest BCUT2D eigenvalue weighted by molar-refractivity contribution is 0.193. The van der Waals surface area contributed by atoms with Crippen molar-refractivity contribution in [3.05, 3.63) is 21.9 Å². The van der Waals surface area contributed by atoms with Gasteiger partial charge in [-0.05, 0) is 49.6 Å². The SMILES string of the molecule is Cc1ccsc1C(C(C)N)N1CCCSCC1. The first-order valence-corrected chi connectivity index (χ1v) is 8.35. The van der Waals surface area contributed by atoms with E-state index in [1.165, 1.54) is 41.5 Å². The standard InChI is InChI=1S/C13H22N2S2/c1-10-4-8-17-13(10)12(11(2)14)15-5-3-7-16-9-6-15/h4,8,11-12H,3,5-7,9,14H2,1-2H3. The highest BCUT2D eigenvalue weighted by molar-refractivity contribution is 7.99. The van der Waals surface area contributed by atoms with Crippen LogP contribution in [0.4, 0.5) is 0 Å². The Bertz CT molecular complexity index is 341. The molecule has 1 fully saturated rings. The van der Waals surface area contributed by atoms with Gasteiger partial charge in [-0.2, -0.15) is 11.8 Å². The molecule has 4 heteroatoms. The molecule has 0 aromatic carbocycles. The zero-order valence-corrected chi connectivity index (χ0v) is 12.3. The fraction of sp³-hybridized carbons (Fsp3) is 0.692. The number of rotatable bonds is 3. The van der Waals surface area contributed by atoms with Gasteiger partial charge < -0.3 is 5.73 Å². The van der Waals surface area contributed by atoms with Gasteiger partial charge in [0, 0.05) is 23.2 Å². The topological polar surface area (TPSA) is 29.3 Å². The van der Waals surface area contributed by atoms with Crippen LogP contribution >= 0.6 is 23.1 Å². The summed E-state index contributed by atoms with van der Waals surface area (Å²) in [6.45, 7) is 6.71. The first-order chi connectivity index (χ1) is 8.20. The van der Waals surface area contributed by atoms with Gasteiger partial charge >= 0.3 is 0 Å². The molecule has 1 aliphatic rings. The van der Waals surface area contributed by atoms with Crippen molar-refractivity contribution in [1.29, 1.82) is 0 Å². The Balaban J connectivity index is 2.19. The molecular formula is C13H22N2S2. The van der Waals surface area contributed by atoms with Crippen LogP contribution in [-0.2, 0) is 0 Å². The Morgan fingerprint density at radius 3 is 2.82 bits per heavy atom. The van der Waals surface area contributed by atoms with Crippen molar-refractivity contribution in [2.45, 2.75) is 32.4 Å². The van der Waals surface area contributed by atoms with Gasteiger partial charge in [0.2, 0.25) is 0 Å². The van der Waals surface area contributed by atoms with Gasteiger partial charge in [-0.3, -0.25) is 4.90 Å². The third kappa shape index (κ3) is 3.25. The summed E-state index contributed by atoms with van der Waals surface area (Å²) in [5, 5.41) is 2.19. The van der Waals surface area contributed by atoms with Crippen LogP contribution in [0, 0.1) is 6.92 Å². The van der Waals surface area contributed by atoms with Gasteiger partial charge in [0.15, 0.2) is 0 Å². The quantitative estimate of drug-likeness (QED) is 0.916. The number of nitrogens with zero attached hydrogens (tertiary/aromatic N) is 1. The fourth-order valence-corrected chi connectivity index (χ4v) is 4.54. The molecule has 1 aromatic rings. The molecule has 96 valence electrons. The summed E-state index contributed by atoms with van der Waals surface area (Å²) < 4.78 is 0. The summed E-state index contributed by atoms with van der Waals surface area (Å²) in [4.78, 5) is 4.05. The summed E-state index contributed by atoms with van der Waals surface area (Å²) in [6.07, 6.45) is 1.29. The minimum absolute atomic E-state index is 0.204. The molecule has 1 saturated heterocycles. The maximum Gasteiger partial charge on any atom is 0.0593 e. The first kappa shape index (κ1) is 13.4. The van der Waals surface area contributed by atoms with Gasteiger partial charge in [0.05, 0.1) is 6.04 Å². The average molecular weight is 270 g/mol. The number of nitrogens with two attached hydrogens (primary N) is 1. The van der Waals surface area contributed by atoms with Crippen molar-refractivity contribution in [2.24, 2.45) is 5.73 Å². The Morgan fingerprint density at radius 2 is 2.18 bits per heavy atom. The predicted octanol–water partition coefficient (Wildman–Crippen LogP) is 2.88. The third-order valence-corrected chi connectivity index (χ3v) is 5.46. The lowest BCUT2D eigenvalue weighted by Gasteiger charge is -2.33. The molecule has 0 spiro atoms. The van der Waals surface area contributed by atoms with E-state index in [1.807, 2.05) is 11.3 Å². The zero-order valence-electron chi connectivity index (χ0n) is 10.7. The van der Waals surface area contributed by atoms with E-state index in [1.54, 1.807) is 0 Å². The lowest BCUT2D eigenvalue weighted by atomic mass is 10.0. The molecule has 0 bridgehead atoms. The normalized spacial score (nSPS) is 22.1. The third-order valence-electron chi connectivity index (χ3n) is 3.32. The first-order valence-electron chi connectivity index (χ1n) is 6.31. The van der Waals surface area contributed by atoms with Crippen LogP contribution in [0.2, 0.25) is 0 Å². The summed E-state index contributed by atoms with van der Waals surface area (Å²) in [6, 6.07) is 2.83. The molecule has 2 N–H and O–H groups in total. The molecule has 17 heavy (non-hydrogen) atoms. The highest BCUT2D eigenvalue weighted by Gasteiger charge is 2.26. The molecular weight excluding hydrogens is 248 g/mol. The highest BCUT2D eigenvalue weighted by Crippen LogP contribution is 2.32. The highest BCUT2D eigenvalue weighted by atomic mass is 32.2. The van der Waals surface area contributed by atoms with Crippen molar-refractivity contribution in [1.82, 2.24) is 4.90 Å².